The molecule has 2 aromatic rings. The predicted molar refractivity (Wildman–Crippen MR) is 97.2 cm³/mol. The average molecular weight is 395 g/mol. The number of fused-ring (bicyclic) bond motifs is 1. The van der Waals surface area contributed by atoms with E-state index in [0.29, 0.717) is 6.54 Å². The summed E-state index contributed by atoms with van der Waals surface area (Å²) in [6, 6.07) is 4.01. The predicted octanol–water partition coefficient (Wildman–Crippen LogP) is 2.88. The maximum atomic E-state index is 12.4. The van der Waals surface area contributed by atoms with Crippen LogP contribution in [0, 0.1) is 0 Å². The molecule has 0 saturated carbocycles. The number of rotatable bonds is 3. The quantitative estimate of drug-likeness (QED) is 0.838. The van der Waals surface area contributed by atoms with Crippen molar-refractivity contribution >= 4 is 33.4 Å². The summed E-state index contributed by atoms with van der Waals surface area (Å²) in [6.45, 7) is 7.47. The van der Waals surface area contributed by atoms with E-state index in [1.165, 1.54) is 0 Å². The van der Waals surface area contributed by atoms with Crippen molar-refractivity contribution < 1.29 is 4.79 Å². The van der Waals surface area contributed by atoms with Crippen LogP contribution in [0.2, 0.25) is 0 Å². The third-order valence-corrected chi connectivity index (χ3v) is 4.50. The zero-order valence-electron chi connectivity index (χ0n) is 14.2. The molecule has 1 atom stereocenters. The summed E-state index contributed by atoms with van der Waals surface area (Å²) >= 11 is 3.42. The van der Waals surface area contributed by atoms with Crippen molar-refractivity contribution in [2.24, 2.45) is 0 Å². The standard InChI is InChI=1S/C16H23BrN6O/c1-16(2,3)20-15(24)22-8-4-5-11(22)9-18-13-6-7-14-19-10-12(17)23(14)21-13/h6-7,10-11H,4-5,8-9H2,1-3H3,(H,18,21)(H,20,24). The van der Waals surface area contributed by atoms with Gasteiger partial charge in [0.05, 0.1) is 12.2 Å². The van der Waals surface area contributed by atoms with Gasteiger partial charge in [0.25, 0.3) is 0 Å². The molecule has 0 aromatic carbocycles. The normalized spacial score (nSPS) is 18.2. The smallest absolute Gasteiger partial charge is 0.318 e. The van der Waals surface area contributed by atoms with Gasteiger partial charge in [-0.25, -0.2) is 14.3 Å². The number of aromatic nitrogens is 3. The maximum Gasteiger partial charge on any atom is 0.318 e. The second-order valence-corrected chi connectivity index (χ2v) is 7.93. The molecule has 0 bridgehead atoms. The van der Waals surface area contributed by atoms with Crippen LogP contribution in [0.5, 0.6) is 0 Å². The van der Waals surface area contributed by atoms with Crippen molar-refractivity contribution in [1.29, 1.82) is 0 Å². The topological polar surface area (TPSA) is 74.6 Å². The molecule has 1 aliphatic rings. The van der Waals surface area contributed by atoms with Gasteiger partial charge in [-0.05, 0) is 61.7 Å². The molecule has 0 aliphatic carbocycles. The van der Waals surface area contributed by atoms with E-state index in [1.54, 1.807) is 10.7 Å². The Morgan fingerprint density at radius 3 is 2.96 bits per heavy atom. The number of likely N-dealkylation sites (tertiary alicyclic amines) is 1. The minimum Gasteiger partial charge on any atom is -0.367 e. The van der Waals surface area contributed by atoms with Gasteiger partial charge in [-0.15, -0.1) is 5.10 Å². The number of hydrogen-bond donors (Lipinski definition) is 2. The second-order valence-electron chi connectivity index (χ2n) is 7.12. The lowest BCUT2D eigenvalue weighted by Gasteiger charge is -2.29. The molecule has 1 unspecified atom stereocenters. The van der Waals surface area contributed by atoms with Gasteiger partial charge in [-0.2, -0.15) is 0 Å². The first kappa shape index (κ1) is 17.0. The highest BCUT2D eigenvalue weighted by atomic mass is 79.9. The molecule has 7 nitrogen and oxygen atoms in total. The van der Waals surface area contributed by atoms with E-state index in [1.807, 2.05) is 37.8 Å². The highest BCUT2D eigenvalue weighted by Crippen LogP contribution is 2.19. The van der Waals surface area contributed by atoms with Crippen LogP contribution < -0.4 is 10.6 Å². The zero-order valence-corrected chi connectivity index (χ0v) is 15.8. The Bertz CT molecular complexity index is 738. The third-order valence-electron chi connectivity index (χ3n) is 3.96. The molecular weight excluding hydrogens is 372 g/mol. The van der Waals surface area contributed by atoms with Crippen LogP contribution in [-0.2, 0) is 0 Å². The number of imidazole rings is 1. The van der Waals surface area contributed by atoms with Crippen molar-refractivity contribution in [2.75, 3.05) is 18.4 Å². The van der Waals surface area contributed by atoms with Crippen LogP contribution >= 0.6 is 15.9 Å². The van der Waals surface area contributed by atoms with Crippen LogP contribution in [0.4, 0.5) is 10.6 Å². The lowest BCUT2D eigenvalue weighted by molar-refractivity contribution is 0.185. The molecule has 2 N–H and O–H groups in total. The highest BCUT2D eigenvalue weighted by molar-refractivity contribution is 9.10. The van der Waals surface area contributed by atoms with Crippen LogP contribution in [0.1, 0.15) is 33.6 Å². The summed E-state index contributed by atoms with van der Waals surface area (Å²) in [6.07, 6.45) is 3.76. The number of carbonyl (C=O) groups is 1. The van der Waals surface area contributed by atoms with Crippen LogP contribution in [0.3, 0.4) is 0 Å². The number of amides is 2. The first-order valence-electron chi connectivity index (χ1n) is 8.16. The first-order chi connectivity index (χ1) is 11.3. The van der Waals surface area contributed by atoms with Crippen LogP contribution in [0.25, 0.3) is 5.65 Å². The van der Waals surface area contributed by atoms with E-state index in [9.17, 15) is 4.79 Å². The Hall–Kier alpha value is -1.83. The minimum absolute atomic E-state index is 0.00700. The van der Waals surface area contributed by atoms with E-state index >= 15 is 0 Å². The fourth-order valence-corrected chi connectivity index (χ4v) is 3.23. The van der Waals surface area contributed by atoms with Crippen molar-refractivity contribution in [1.82, 2.24) is 24.8 Å². The van der Waals surface area contributed by atoms with E-state index < -0.39 is 0 Å². The number of hydrogen-bond acceptors (Lipinski definition) is 4. The van der Waals surface area contributed by atoms with E-state index in [0.717, 1.165) is 35.5 Å². The van der Waals surface area contributed by atoms with E-state index in [-0.39, 0.29) is 17.6 Å². The summed E-state index contributed by atoms with van der Waals surface area (Å²) in [5, 5.41) is 10.9. The molecule has 24 heavy (non-hydrogen) atoms. The third kappa shape index (κ3) is 3.80. The summed E-state index contributed by atoms with van der Waals surface area (Å²) in [7, 11) is 0. The minimum atomic E-state index is -0.224. The maximum absolute atomic E-state index is 12.4. The number of halogens is 1. The van der Waals surface area contributed by atoms with Gasteiger partial charge in [0.2, 0.25) is 0 Å². The fourth-order valence-electron chi connectivity index (χ4n) is 2.87. The van der Waals surface area contributed by atoms with Gasteiger partial charge in [0.15, 0.2) is 5.65 Å². The molecule has 2 amide bonds. The molecule has 2 aromatic heterocycles. The summed E-state index contributed by atoms with van der Waals surface area (Å²) in [4.78, 5) is 18.6. The number of anilines is 1. The van der Waals surface area contributed by atoms with Crippen molar-refractivity contribution in [2.45, 2.75) is 45.2 Å². The fraction of sp³-hybridized carbons (Fsp3) is 0.562. The average Bonchev–Trinajstić information content (AvgIpc) is 3.11. The molecule has 8 heteroatoms. The molecule has 3 heterocycles. The Labute approximate surface area is 149 Å². The number of urea groups is 1. The van der Waals surface area contributed by atoms with E-state index in [2.05, 4.69) is 36.6 Å². The van der Waals surface area contributed by atoms with Gasteiger partial charge in [-0.1, -0.05) is 0 Å². The van der Waals surface area contributed by atoms with Crippen LogP contribution in [0.15, 0.2) is 22.9 Å². The Balaban J connectivity index is 1.64. The van der Waals surface area contributed by atoms with E-state index in [4.69, 9.17) is 0 Å². The Kier molecular flexibility index (Phi) is 4.67. The van der Waals surface area contributed by atoms with Crippen LogP contribution in [-0.4, -0.2) is 50.2 Å². The van der Waals surface area contributed by atoms with Gasteiger partial charge in [-0.3, -0.25) is 0 Å². The summed E-state index contributed by atoms with van der Waals surface area (Å²) < 4.78 is 2.55. The second kappa shape index (κ2) is 6.58. The largest absolute Gasteiger partial charge is 0.367 e. The molecule has 1 fully saturated rings. The number of carbonyl (C=O) groups excluding carboxylic acids is 1. The molecule has 0 radical (unpaired) electrons. The van der Waals surface area contributed by atoms with Crippen molar-refractivity contribution in [3.05, 3.63) is 22.9 Å². The molecule has 130 valence electrons. The van der Waals surface area contributed by atoms with Crippen molar-refractivity contribution in [3.8, 4) is 0 Å². The first-order valence-corrected chi connectivity index (χ1v) is 8.96. The Morgan fingerprint density at radius 2 is 2.21 bits per heavy atom. The molecular formula is C16H23BrN6O. The highest BCUT2D eigenvalue weighted by Gasteiger charge is 2.30. The SMILES string of the molecule is CC(C)(C)NC(=O)N1CCCC1CNc1ccc2ncc(Br)n2n1. The molecule has 1 saturated heterocycles. The van der Waals surface area contributed by atoms with Gasteiger partial charge >= 0.3 is 6.03 Å². The van der Waals surface area contributed by atoms with Crippen molar-refractivity contribution in [3.63, 3.8) is 0 Å². The summed E-state index contributed by atoms with van der Waals surface area (Å²) in [5.74, 6) is 0.768. The summed E-state index contributed by atoms with van der Waals surface area (Å²) in [5.41, 5.74) is 0.567. The zero-order chi connectivity index (χ0) is 17.3. The molecule has 0 spiro atoms. The van der Waals surface area contributed by atoms with Gasteiger partial charge in [0, 0.05) is 18.6 Å². The lowest BCUT2D eigenvalue weighted by atomic mass is 10.1. The number of nitrogens with zero attached hydrogens (tertiary/aromatic N) is 4. The molecule has 3 rings (SSSR count). The lowest BCUT2D eigenvalue weighted by Crippen LogP contribution is -2.51. The molecule has 1 aliphatic heterocycles. The Morgan fingerprint density at radius 1 is 1.42 bits per heavy atom. The monoisotopic (exact) mass is 394 g/mol. The van der Waals surface area contributed by atoms with Gasteiger partial charge in [0.1, 0.15) is 10.4 Å². The van der Waals surface area contributed by atoms with Gasteiger partial charge < -0.3 is 15.5 Å². The number of nitrogens with one attached hydrogen (secondary N) is 2.